The lowest BCUT2D eigenvalue weighted by molar-refractivity contribution is -0.145. The molecule has 0 aliphatic rings. The molecule has 1 aromatic rings. The van der Waals surface area contributed by atoms with E-state index in [0.29, 0.717) is 0 Å². The first-order chi connectivity index (χ1) is 7.95. The summed E-state index contributed by atoms with van der Waals surface area (Å²) in [7, 11) is 1.32. The number of carboxylic acids is 2. The molecule has 1 aromatic carbocycles. The van der Waals surface area contributed by atoms with Crippen molar-refractivity contribution in [3.8, 4) is 11.5 Å². The van der Waals surface area contributed by atoms with Crippen LogP contribution in [0.1, 0.15) is 17.9 Å². The number of aromatic hydroxyl groups is 1. The zero-order valence-corrected chi connectivity index (χ0v) is 9.08. The molecule has 1 unspecified atom stereocenters. The smallest absolute Gasteiger partial charge is 0.311 e. The van der Waals surface area contributed by atoms with E-state index in [0.717, 1.165) is 0 Å². The topological polar surface area (TPSA) is 104 Å². The fraction of sp³-hybridized carbons (Fsp3) is 0.273. The van der Waals surface area contributed by atoms with Crippen LogP contribution in [0.4, 0.5) is 0 Å². The van der Waals surface area contributed by atoms with Gasteiger partial charge in [-0.25, -0.2) is 0 Å². The van der Waals surface area contributed by atoms with Crippen molar-refractivity contribution >= 4 is 11.9 Å². The average Bonchev–Trinajstić information content (AvgIpc) is 2.25. The van der Waals surface area contributed by atoms with E-state index in [4.69, 9.17) is 14.9 Å². The van der Waals surface area contributed by atoms with Crippen LogP contribution in [-0.2, 0) is 9.59 Å². The predicted molar refractivity (Wildman–Crippen MR) is 57.3 cm³/mol. The minimum absolute atomic E-state index is 0.0786. The lowest BCUT2D eigenvalue weighted by atomic mass is 9.95. The van der Waals surface area contributed by atoms with E-state index in [-0.39, 0.29) is 17.1 Å². The van der Waals surface area contributed by atoms with Gasteiger partial charge >= 0.3 is 11.9 Å². The molecule has 0 amide bonds. The van der Waals surface area contributed by atoms with E-state index in [1.54, 1.807) is 0 Å². The Hall–Kier alpha value is -2.24. The van der Waals surface area contributed by atoms with Crippen molar-refractivity contribution in [2.24, 2.45) is 0 Å². The Morgan fingerprint density at radius 1 is 1.35 bits per heavy atom. The van der Waals surface area contributed by atoms with E-state index >= 15 is 0 Å². The number of ether oxygens (including phenoxy) is 1. The molecule has 0 aliphatic carbocycles. The van der Waals surface area contributed by atoms with Crippen LogP contribution in [0.15, 0.2) is 18.2 Å². The number of phenolic OH excluding ortho intramolecular Hbond substituents is 1. The second kappa shape index (κ2) is 5.20. The number of methoxy groups -OCH3 is 1. The maximum atomic E-state index is 11.0. The van der Waals surface area contributed by atoms with Gasteiger partial charge in [-0.2, -0.15) is 0 Å². The number of benzene rings is 1. The highest BCUT2D eigenvalue weighted by atomic mass is 16.5. The summed E-state index contributed by atoms with van der Waals surface area (Å²) in [5.74, 6) is -3.60. The molecule has 0 aliphatic heterocycles. The monoisotopic (exact) mass is 240 g/mol. The van der Waals surface area contributed by atoms with Gasteiger partial charge in [-0.05, 0) is 6.07 Å². The average molecular weight is 240 g/mol. The van der Waals surface area contributed by atoms with Gasteiger partial charge in [0.05, 0.1) is 19.4 Å². The van der Waals surface area contributed by atoms with Gasteiger partial charge in [-0.3, -0.25) is 9.59 Å². The van der Waals surface area contributed by atoms with Gasteiger partial charge in [-0.1, -0.05) is 6.07 Å². The Kier molecular flexibility index (Phi) is 3.92. The van der Waals surface area contributed by atoms with E-state index in [9.17, 15) is 14.7 Å². The molecule has 0 radical (unpaired) electrons. The zero-order chi connectivity index (χ0) is 13.0. The van der Waals surface area contributed by atoms with Gasteiger partial charge in [0.1, 0.15) is 11.5 Å². The van der Waals surface area contributed by atoms with Crippen LogP contribution < -0.4 is 4.74 Å². The predicted octanol–water partition coefficient (Wildman–Crippen LogP) is 1.04. The second-order valence-electron chi connectivity index (χ2n) is 3.41. The lowest BCUT2D eigenvalue weighted by Crippen LogP contribution is -2.16. The molecule has 0 saturated heterocycles. The number of rotatable bonds is 5. The number of hydrogen-bond donors (Lipinski definition) is 3. The van der Waals surface area contributed by atoms with Crippen molar-refractivity contribution in [1.82, 2.24) is 0 Å². The van der Waals surface area contributed by atoms with Crippen LogP contribution in [0.3, 0.4) is 0 Å². The van der Waals surface area contributed by atoms with E-state index in [1.165, 1.54) is 25.3 Å². The third-order valence-corrected chi connectivity index (χ3v) is 2.27. The summed E-state index contributed by atoms with van der Waals surface area (Å²) in [5, 5.41) is 26.9. The SMILES string of the molecule is COc1cc(O)ccc1C(CC(=O)O)C(=O)O. The summed E-state index contributed by atoms with van der Waals surface area (Å²) < 4.78 is 4.92. The Balaban J connectivity index is 3.17. The highest BCUT2D eigenvalue weighted by molar-refractivity contribution is 5.83. The molecule has 17 heavy (non-hydrogen) atoms. The number of phenols is 1. The third-order valence-electron chi connectivity index (χ3n) is 2.27. The Bertz CT molecular complexity index is 440. The van der Waals surface area contributed by atoms with Gasteiger partial charge in [0.25, 0.3) is 0 Å². The summed E-state index contributed by atoms with van der Waals surface area (Å²) in [6.45, 7) is 0. The highest BCUT2D eigenvalue weighted by Crippen LogP contribution is 2.32. The summed E-state index contributed by atoms with van der Waals surface area (Å²) in [6.07, 6.45) is -0.545. The maximum absolute atomic E-state index is 11.0. The summed E-state index contributed by atoms with van der Waals surface area (Å²) >= 11 is 0. The standard InChI is InChI=1S/C11H12O6/c1-17-9-4-6(12)2-3-7(9)8(11(15)16)5-10(13)14/h2-4,8,12H,5H2,1H3,(H,13,14)(H,15,16). The van der Waals surface area contributed by atoms with Gasteiger partial charge in [-0.15, -0.1) is 0 Å². The van der Waals surface area contributed by atoms with Crippen molar-refractivity contribution in [2.75, 3.05) is 7.11 Å². The van der Waals surface area contributed by atoms with Crippen LogP contribution in [0.2, 0.25) is 0 Å². The molecule has 1 atom stereocenters. The van der Waals surface area contributed by atoms with E-state index in [1.807, 2.05) is 0 Å². The van der Waals surface area contributed by atoms with Crippen LogP contribution in [0, 0.1) is 0 Å². The van der Waals surface area contributed by atoms with Gasteiger partial charge in [0.2, 0.25) is 0 Å². The van der Waals surface area contributed by atoms with Crippen LogP contribution in [0.5, 0.6) is 11.5 Å². The zero-order valence-electron chi connectivity index (χ0n) is 9.08. The first-order valence-corrected chi connectivity index (χ1v) is 4.77. The molecule has 0 saturated carbocycles. The van der Waals surface area contributed by atoms with Crippen molar-refractivity contribution in [1.29, 1.82) is 0 Å². The lowest BCUT2D eigenvalue weighted by Gasteiger charge is -2.14. The molecule has 0 fully saturated rings. The number of carboxylic acid groups (broad SMARTS) is 2. The Morgan fingerprint density at radius 2 is 2.00 bits per heavy atom. The minimum Gasteiger partial charge on any atom is -0.508 e. The third kappa shape index (κ3) is 3.10. The number of aliphatic carboxylic acids is 2. The largest absolute Gasteiger partial charge is 0.508 e. The fourth-order valence-corrected chi connectivity index (χ4v) is 1.49. The van der Waals surface area contributed by atoms with Crippen LogP contribution in [0.25, 0.3) is 0 Å². The van der Waals surface area contributed by atoms with Crippen LogP contribution in [-0.4, -0.2) is 34.4 Å². The molecular weight excluding hydrogens is 228 g/mol. The van der Waals surface area contributed by atoms with Crippen molar-refractivity contribution in [2.45, 2.75) is 12.3 Å². The minimum atomic E-state index is -1.25. The first-order valence-electron chi connectivity index (χ1n) is 4.77. The fourth-order valence-electron chi connectivity index (χ4n) is 1.49. The Labute approximate surface area is 97.1 Å². The number of carbonyl (C=O) groups is 2. The molecule has 1 rings (SSSR count). The summed E-state index contributed by atoms with van der Waals surface area (Å²) in [4.78, 5) is 21.6. The summed E-state index contributed by atoms with van der Waals surface area (Å²) in [5.41, 5.74) is 0.222. The normalized spacial score (nSPS) is 11.8. The number of hydrogen-bond acceptors (Lipinski definition) is 4. The van der Waals surface area contributed by atoms with Crippen molar-refractivity contribution < 1.29 is 29.6 Å². The molecule has 3 N–H and O–H groups in total. The summed E-state index contributed by atoms with van der Waals surface area (Å²) in [6, 6.07) is 3.87. The van der Waals surface area contributed by atoms with Gasteiger partial charge in [0.15, 0.2) is 0 Å². The Morgan fingerprint density at radius 3 is 2.47 bits per heavy atom. The van der Waals surface area contributed by atoms with E-state index < -0.39 is 24.3 Å². The molecule has 6 nitrogen and oxygen atoms in total. The molecule has 92 valence electrons. The van der Waals surface area contributed by atoms with Crippen LogP contribution >= 0.6 is 0 Å². The quantitative estimate of drug-likeness (QED) is 0.710. The van der Waals surface area contributed by atoms with E-state index in [2.05, 4.69) is 0 Å². The van der Waals surface area contributed by atoms with Crippen molar-refractivity contribution in [3.63, 3.8) is 0 Å². The first kappa shape index (κ1) is 12.8. The molecule has 6 heteroatoms. The van der Waals surface area contributed by atoms with Gasteiger partial charge in [0, 0.05) is 11.6 Å². The molecular formula is C11H12O6. The molecule has 0 heterocycles. The maximum Gasteiger partial charge on any atom is 0.311 e. The molecule has 0 bridgehead atoms. The molecule has 0 spiro atoms. The van der Waals surface area contributed by atoms with Crippen molar-refractivity contribution in [3.05, 3.63) is 23.8 Å². The molecule has 0 aromatic heterocycles. The second-order valence-corrected chi connectivity index (χ2v) is 3.41. The van der Waals surface area contributed by atoms with Gasteiger partial charge < -0.3 is 20.1 Å². The highest BCUT2D eigenvalue weighted by Gasteiger charge is 2.26.